The predicted molar refractivity (Wildman–Crippen MR) is 76.6 cm³/mol. The zero-order valence-corrected chi connectivity index (χ0v) is 11.3. The number of rotatable bonds is 5. The molecule has 0 atom stereocenters. The lowest BCUT2D eigenvalue weighted by Gasteiger charge is -2.09. The lowest BCUT2D eigenvalue weighted by atomic mass is 10.2. The monoisotopic (exact) mass is 290 g/mol. The lowest BCUT2D eigenvalue weighted by molar-refractivity contribution is 0.332. The van der Waals surface area contributed by atoms with E-state index in [0.717, 1.165) is 0 Å². The fourth-order valence-corrected chi connectivity index (χ4v) is 1.77. The number of anilines is 1. The highest BCUT2D eigenvalue weighted by molar-refractivity contribution is 6.30. The number of halogens is 2. The number of nitrogens with one attached hydrogen (secondary N) is 1. The van der Waals surface area contributed by atoms with E-state index in [0.29, 0.717) is 35.2 Å². The first-order valence-corrected chi connectivity index (χ1v) is 6.39. The van der Waals surface area contributed by atoms with Gasteiger partial charge in [-0.2, -0.15) is 5.26 Å². The van der Waals surface area contributed by atoms with E-state index < -0.39 is 5.82 Å². The molecule has 2 aromatic carbocycles. The maximum Gasteiger partial charge on any atom is 0.147 e. The number of benzene rings is 2. The molecule has 0 aliphatic heterocycles. The van der Waals surface area contributed by atoms with E-state index in [1.165, 1.54) is 6.07 Å². The van der Waals surface area contributed by atoms with Crippen LogP contribution in [0.15, 0.2) is 42.5 Å². The van der Waals surface area contributed by atoms with Gasteiger partial charge in [-0.1, -0.05) is 11.6 Å². The Hall–Kier alpha value is -2.25. The number of nitrogens with zero attached hydrogens (tertiary/aromatic N) is 1. The molecule has 0 heterocycles. The molecule has 20 heavy (non-hydrogen) atoms. The second-order valence-corrected chi connectivity index (χ2v) is 4.47. The summed E-state index contributed by atoms with van der Waals surface area (Å²) in [7, 11) is 0. The first-order valence-electron chi connectivity index (χ1n) is 6.01. The summed E-state index contributed by atoms with van der Waals surface area (Å²) < 4.78 is 18.9. The topological polar surface area (TPSA) is 45.0 Å². The molecule has 2 rings (SSSR count). The van der Waals surface area contributed by atoms with E-state index in [1.807, 2.05) is 6.07 Å². The van der Waals surface area contributed by atoms with E-state index in [2.05, 4.69) is 5.32 Å². The maximum atomic E-state index is 13.5. The van der Waals surface area contributed by atoms with Gasteiger partial charge in [0.25, 0.3) is 0 Å². The minimum atomic E-state index is -0.393. The van der Waals surface area contributed by atoms with Crippen LogP contribution in [0.25, 0.3) is 0 Å². The van der Waals surface area contributed by atoms with Crippen molar-refractivity contribution < 1.29 is 9.13 Å². The number of nitriles is 1. The molecule has 0 aliphatic carbocycles. The Balaban J connectivity index is 1.80. The summed E-state index contributed by atoms with van der Waals surface area (Å²) in [5, 5.41) is 12.0. The van der Waals surface area contributed by atoms with Crippen molar-refractivity contribution in [2.24, 2.45) is 0 Å². The Kier molecular flexibility index (Phi) is 4.80. The Labute approximate surface area is 121 Å². The highest BCUT2D eigenvalue weighted by Crippen LogP contribution is 2.18. The van der Waals surface area contributed by atoms with Crippen LogP contribution in [0.2, 0.25) is 5.02 Å². The second-order valence-electron chi connectivity index (χ2n) is 4.04. The van der Waals surface area contributed by atoms with Crippen molar-refractivity contribution in [3.63, 3.8) is 0 Å². The molecule has 0 spiro atoms. The van der Waals surface area contributed by atoms with Crippen LogP contribution in [0.5, 0.6) is 5.75 Å². The molecule has 0 saturated heterocycles. The molecular formula is C15H12ClFN2O. The van der Waals surface area contributed by atoms with Gasteiger partial charge in [0.1, 0.15) is 18.2 Å². The highest BCUT2D eigenvalue weighted by atomic mass is 35.5. The van der Waals surface area contributed by atoms with Gasteiger partial charge in [-0.05, 0) is 42.5 Å². The Morgan fingerprint density at radius 3 is 2.60 bits per heavy atom. The summed E-state index contributed by atoms with van der Waals surface area (Å²) in [6, 6.07) is 13.3. The van der Waals surface area contributed by atoms with Crippen LogP contribution in [0.3, 0.4) is 0 Å². The molecule has 0 radical (unpaired) electrons. The van der Waals surface area contributed by atoms with Gasteiger partial charge in [0.15, 0.2) is 0 Å². The van der Waals surface area contributed by atoms with Crippen molar-refractivity contribution in [2.75, 3.05) is 18.5 Å². The molecule has 3 nitrogen and oxygen atoms in total. The Morgan fingerprint density at radius 2 is 1.95 bits per heavy atom. The molecule has 102 valence electrons. The molecule has 1 N–H and O–H groups in total. The van der Waals surface area contributed by atoms with Crippen LogP contribution in [0.1, 0.15) is 5.56 Å². The second kappa shape index (κ2) is 6.78. The van der Waals surface area contributed by atoms with Crippen LogP contribution < -0.4 is 10.1 Å². The largest absolute Gasteiger partial charge is 0.492 e. The molecule has 5 heteroatoms. The van der Waals surface area contributed by atoms with E-state index >= 15 is 0 Å². The minimum Gasteiger partial charge on any atom is -0.492 e. The lowest BCUT2D eigenvalue weighted by Crippen LogP contribution is -2.12. The van der Waals surface area contributed by atoms with Crippen molar-refractivity contribution in [3.05, 3.63) is 58.9 Å². The van der Waals surface area contributed by atoms with Gasteiger partial charge in [0.05, 0.1) is 17.3 Å². The first-order chi connectivity index (χ1) is 9.69. The molecule has 0 amide bonds. The molecule has 0 aliphatic rings. The molecular weight excluding hydrogens is 279 g/mol. The zero-order valence-electron chi connectivity index (χ0n) is 10.6. The maximum absolute atomic E-state index is 13.5. The fourth-order valence-electron chi connectivity index (χ4n) is 1.61. The summed E-state index contributed by atoms with van der Waals surface area (Å²) in [5.74, 6) is 0.276. The first kappa shape index (κ1) is 14.2. The third kappa shape index (κ3) is 3.87. The van der Waals surface area contributed by atoms with E-state index in [4.69, 9.17) is 21.6 Å². The van der Waals surface area contributed by atoms with Gasteiger partial charge < -0.3 is 10.1 Å². The average molecular weight is 291 g/mol. The van der Waals surface area contributed by atoms with Crippen molar-refractivity contribution in [1.29, 1.82) is 5.26 Å². The third-order valence-electron chi connectivity index (χ3n) is 2.60. The smallest absolute Gasteiger partial charge is 0.147 e. The number of hydrogen-bond donors (Lipinski definition) is 1. The normalized spacial score (nSPS) is 9.85. The molecule has 0 unspecified atom stereocenters. The highest BCUT2D eigenvalue weighted by Gasteiger charge is 2.02. The van der Waals surface area contributed by atoms with Gasteiger partial charge in [-0.3, -0.25) is 0 Å². The molecule has 0 bridgehead atoms. The molecule has 0 saturated carbocycles. The summed E-state index contributed by atoms with van der Waals surface area (Å²) in [6.45, 7) is 0.840. The Bertz CT molecular complexity index is 623. The van der Waals surface area contributed by atoms with E-state index in [1.54, 1.807) is 36.4 Å². The number of hydrogen-bond acceptors (Lipinski definition) is 3. The van der Waals surface area contributed by atoms with Gasteiger partial charge in [0, 0.05) is 11.6 Å². The van der Waals surface area contributed by atoms with Gasteiger partial charge in [-0.25, -0.2) is 4.39 Å². The van der Waals surface area contributed by atoms with Crippen molar-refractivity contribution in [3.8, 4) is 11.8 Å². The van der Waals surface area contributed by atoms with E-state index in [9.17, 15) is 4.39 Å². The summed E-state index contributed by atoms with van der Waals surface area (Å²) >= 11 is 5.67. The SMILES string of the molecule is N#Cc1ccc(OCCNc2ccc(Cl)cc2F)cc1. The summed E-state index contributed by atoms with van der Waals surface area (Å²) in [4.78, 5) is 0. The fraction of sp³-hybridized carbons (Fsp3) is 0.133. The van der Waals surface area contributed by atoms with Crippen molar-refractivity contribution >= 4 is 17.3 Å². The van der Waals surface area contributed by atoms with Crippen LogP contribution in [-0.2, 0) is 0 Å². The number of ether oxygens (including phenoxy) is 1. The molecule has 0 aromatic heterocycles. The third-order valence-corrected chi connectivity index (χ3v) is 2.84. The zero-order chi connectivity index (χ0) is 14.4. The van der Waals surface area contributed by atoms with Crippen molar-refractivity contribution in [1.82, 2.24) is 0 Å². The Morgan fingerprint density at radius 1 is 1.20 bits per heavy atom. The summed E-state index contributed by atoms with van der Waals surface area (Å²) in [5.41, 5.74) is 0.969. The van der Waals surface area contributed by atoms with Gasteiger partial charge in [-0.15, -0.1) is 0 Å². The standard InChI is InChI=1S/C15H12ClFN2O/c16-12-3-6-15(14(17)9-12)19-7-8-20-13-4-1-11(10-18)2-5-13/h1-6,9,19H,7-8H2. The van der Waals surface area contributed by atoms with Gasteiger partial charge in [0.2, 0.25) is 0 Å². The average Bonchev–Trinajstić information content (AvgIpc) is 2.46. The quantitative estimate of drug-likeness (QED) is 0.851. The van der Waals surface area contributed by atoms with Crippen LogP contribution in [0.4, 0.5) is 10.1 Å². The summed E-state index contributed by atoms with van der Waals surface area (Å²) in [6.07, 6.45) is 0. The molecule has 2 aromatic rings. The minimum absolute atomic E-state index is 0.363. The molecule has 0 fully saturated rings. The van der Waals surface area contributed by atoms with Crippen LogP contribution >= 0.6 is 11.6 Å². The predicted octanol–water partition coefficient (Wildman–Crippen LogP) is 3.84. The van der Waals surface area contributed by atoms with Crippen LogP contribution in [0, 0.1) is 17.1 Å². The van der Waals surface area contributed by atoms with Crippen molar-refractivity contribution in [2.45, 2.75) is 0 Å². The van der Waals surface area contributed by atoms with Crippen LogP contribution in [-0.4, -0.2) is 13.2 Å². The van der Waals surface area contributed by atoms with Gasteiger partial charge >= 0.3 is 0 Å². The van der Waals surface area contributed by atoms with E-state index in [-0.39, 0.29) is 0 Å².